The molecule has 0 radical (unpaired) electrons. The van der Waals surface area contributed by atoms with Gasteiger partial charge in [0.05, 0.1) is 23.9 Å². The first-order chi connectivity index (χ1) is 16.4. The number of benzene rings is 1. The monoisotopic (exact) mass is 485 g/mol. The third-order valence-corrected chi connectivity index (χ3v) is 6.72. The number of hydrogen-bond donors (Lipinski definition) is 1. The maximum atomic E-state index is 13.3. The molecule has 3 amide bonds. The fourth-order valence-electron chi connectivity index (χ4n) is 3.96. The Morgan fingerprint density at radius 1 is 1.12 bits per heavy atom. The number of rotatable bonds is 9. The topological polar surface area (TPSA) is 96.0 Å². The van der Waals surface area contributed by atoms with Crippen molar-refractivity contribution < 1.29 is 23.9 Å². The van der Waals surface area contributed by atoms with Crippen LogP contribution in [0.1, 0.15) is 35.0 Å². The Hall–Kier alpha value is -3.20. The standard InChI is InChI=1S/C25H31N3O5S/c1-3-33-25(32)19-11-13-28(14-12-19)22(29)17-27(2)24(31)20(16-18-8-5-4-6-9-18)26-23(30)21-10-7-15-34-21/h4-10,15,19-20H,3,11-14,16-17H2,1-2H3,(H,26,30). The van der Waals surface area contributed by atoms with Gasteiger partial charge in [0.15, 0.2) is 0 Å². The molecule has 9 heteroatoms. The highest BCUT2D eigenvalue weighted by Crippen LogP contribution is 2.19. The number of carbonyl (C=O) groups is 4. The average Bonchev–Trinajstić information content (AvgIpc) is 3.39. The number of likely N-dealkylation sites (N-methyl/N-ethyl adjacent to an activating group) is 1. The van der Waals surface area contributed by atoms with E-state index in [1.165, 1.54) is 16.2 Å². The van der Waals surface area contributed by atoms with Crippen LogP contribution in [0.5, 0.6) is 0 Å². The maximum Gasteiger partial charge on any atom is 0.309 e. The van der Waals surface area contributed by atoms with Gasteiger partial charge in [0.25, 0.3) is 5.91 Å². The summed E-state index contributed by atoms with van der Waals surface area (Å²) in [6, 6.07) is 12.1. The van der Waals surface area contributed by atoms with Gasteiger partial charge in [-0.25, -0.2) is 0 Å². The summed E-state index contributed by atoms with van der Waals surface area (Å²) >= 11 is 1.30. The highest BCUT2D eigenvalue weighted by atomic mass is 32.1. The van der Waals surface area contributed by atoms with E-state index in [0.717, 1.165) is 5.56 Å². The molecule has 1 aromatic carbocycles. The average molecular weight is 486 g/mol. The van der Waals surface area contributed by atoms with Crippen LogP contribution in [0.25, 0.3) is 0 Å². The molecule has 2 heterocycles. The van der Waals surface area contributed by atoms with Crippen LogP contribution in [0, 0.1) is 5.92 Å². The van der Waals surface area contributed by atoms with E-state index >= 15 is 0 Å². The summed E-state index contributed by atoms with van der Waals surface area (Å²) in [5.74, 6) is -1.23. The Morgan fingerprint density at radius 2 is 1.82 bits per heavy atom. The third kappa shape index (κ3) is 6.90. The summed E-state index contributed by atoms with van der Waals surface area (Å²) in [4.78, 5) is 54.2. The van der Waals surface area contributed by atoms with E-state index in [-0.39, 0.29) is 36.2 Å². The second kappa shape index (κ2) is 12.3. The lowest BCUT2D eigenvalue weighted by atomic mass is 9.97. The number of esters is 1. The van der Waals surface area contributed by atoms with Crippen molar-refractivity contribution in [3.8, 4) is 0 Å². The van der Waals surface area contributed by atoms with Gasteiger partial charge in [-0.05, 0) is 36.8 Å². The van der Waals surface area contributed by atoms with Crippen molar-refractivity contribution in [1.82, 2.24) is 15.1 Å². The molecule has 182 valence electrons. The summed E-state index contributed by atoms with van der Waals surface area (Å²) in [6.07, 6.45) is 1.42. The molecule has 0 bridgehead atoms. The van der Waals surface area contributed by atoms with Gasteiger partial charge in [-0.2, -0.15) is 0 Å². The van der Waals surface area contributed by atoms with E-state index in [1.807, 2.05) is 30.3 Å². The highest BCUT2D eigenvalue weighted by Gasteiger charge is 2.31. The largest absolute Gasteiger partial charge is 0.466 e. The van der Waals surface area contributed by atoms with Crippen LogP contribution < -0.4 is 5.32 Å². The number of nitrogens with zero attached hydrogens (tertiary/aromatic N) is 2. The first kappa shape index (κ1) is 25.4. The molecule has 1 unspecified atom stereocenters. The minimum Gasteiger partial charge on any atom is -0.466 e. The second-order valence-corrected chi connectivity index (χ2v) is 9.24. The van der Waals surface area contributed by atoms with Crippen LogP contribution in [-0.2, 0) is 25.5 Å². The molecule has 1 N–H and O–H groups in total. The Balaban J connectivity index is 1.60. The zero-order valence-corrected chi connectivity index (χ0v) is 20.4. The molecule has 0 spiro atoms. The van der Waals surface area contributed by atoms with Gasteiger partial charge in [0.1, 0.15) is 6.04 Å². The predicted octanol–water partition coefficient (Wildman–Crippen LogP) is 2.35. The molecule has 1 aliphatic rings. The first-order valence-electron chi connectivity index (χ1n) is 11.5. The highest BCUT2D eigenvalue weighted by molar-refractivity contribution is 7.12. The van der Waals surface area contributed by atoms with E-state index in [1.54, 1.807) is 36.4 Å². The minimum absolute atomic E-state index is 0.0942. The van der Waals surface area contributed by atoms with Gasteiger partial charge in [-0.3, -0.25) is 19.2 Å². The van der Waals surface area contributed by atoms with Gasteiger partial charge in [-0.1, -0.05) is 36.4 Å². The van der Waals surface area contributed by atoms with Crippen molar-refractivity contribution in [3.05, 3.63) is 58.3 Å². The van der Waals surface area contributed by atoms with Gasteiger partial charge >= 0.3 is 5.97 Å². The van der Waals surface area contributed by atoms with Crippen LogP contribution in [0.2, 0.25) is 0 Å². The predicted molar refractivity (Wildman–Crippen MR) is 129 cm³/mol. The zero-order valence-electron chi connectivity index (χ0n) is 19.6. The minimum atomic E-state index is -0.802. The fraction of sp³-hybridized carbons (Fsp3) is 0.440. The zero-order chi connectivity index (χ0) is 24.5. The van der Waals surface area contributed by atoms with Crippen LogP contribution in [0.4, 0.5) is 0 Å². The first-order valence-corrected chi connectivity index (χ1v) is 12.3. The molecule has 34 heavy (non-hydrogen) atoms. The van der Waals surface area contributed by atoms with Crippen molar-refractivity contribution in [2.75, 3.05) is 33.3 Å². The molecule has 0 aliphatic carbocycles. The number of nitrogens with one attached hydrogen (secondary N) is 1. The summed E-state index contributed by atoms with van der Waals surface area (Å²) in [5.41, 5.74) is 0.910. The van der Waals surface area contributed by atoms with Crippen molar-refractivity contribution in [2.24, 2.45) is 5.92 Å². The van der Waals surface area contributed by atoms with E-state index in [4.69, 9.17) is 4.74 Å². The van der Waals surface area contributed by atoms with Crippen LogP contribution in [0.3, 0.4) is 0 Å². The molecular weight excluding hydrogens is 454 g/mol. The number of amides is 3. The smallest absolute Gasteiger partial charge is 0.309 e. The normalized spacial score (nSPS) is 14.8. The fourth-order valence-corrected chi connectivity index (χ4v) is 4.59. The second-order valence-electron chi connectivity index (χ2n) is 8.29. The lowest BCUT2D eigenvalue weighted by Gasteiger charge is -2.32. The Morgan fingerprint density at radius 3 is 2.44 bits per heavy atom. The Labute approximate surface area is 203 Å². The SMILES string of the molecule is CCOC(=O)C1CCN(C(=O)CN(C)C(=O)C(Cc2ccccc2)NC(=O)c2cccs2)CC1. The molecule has 3 rings (SSSR count). The molecule has 2 aromatic rings. The number of carbonyl (C=O) groups excluding carboxylic acids is 4. The lowest BCUT2D eigenvalue weighted by Crippen LogP contribution is -2.51. The molecule has 1 aromatic heterocycles. The van der Waals surface area contributed by atoms with Crippen molar-refractivity contribution in [2.45, 2.75) is 32.2 Å². The van der Waals surface area contributed by atoms with E-state index in [9.17, 15) is 19.2 Å². The summed E-state index contributed by atoms with van der Waals surface area (Å²) in [7, 11) is 1.57. The summed E-state index contributed by atoms with van der Waals surface area (Å²) in [6.45, 7) is 2.93. The summed E-state index contributed by atoms with van der Waals surface area (Å²) in [5, 5.41) is 4.64. The molecule has 0 saturated carbocycles. The number of thiophene rings is 1. The molecule has 8 nitrogen and oxygen atoms in total. The van der Waals surface area contributed by atoms with Gasteiger partial charge in [0, 0.05) is 26.6 Å². The Bertz CT molecular complexity index is 972. The summed E-state index contributed by atoms with van der Waals surface area (Å²) < 4.78 is 5.08. The molecular formula is C25H31N3O5S. The molecule has 1 fully saturated rings. The van der Waals surface area contributed by atoms with E-state index in [0.29, 0.717) is 43.8 Å². The van der Waals surface area contributed by atoms with Gasteiger partial charge in [0.2, 0.25) is 11.8 Å². The van der Waals surface area contributed by atoms with Gasteiger partial charge in [-0.15, -0.1) is 11.3 Å². The van der Waals surface area contributed by atoms with E-state index < -0.39 is 6.04 Å². The van der Waals surface area contributed by atoms with Crippen molar-refractivity contribution >= 4 is 35.0 Å². The number of piperidine rings is 1. The number of ether oxygens (including phenoxy) is 1. The Kier molecular flexibility index (Phi) is 9.21. The number of likely N-dealkylation sites (tertiary alicyclic amines) is 1. The van der Waals surface area contributed by atoms with Crippen LogP contribution >= 0.6 is 11.3 Å². The molecule has 1 saturated heterocycles. The van der Waals surface area contributed by atoms with Gasteiger partial charge < -0.3 is 19.9 Å². The van der Waals surface area contributed by atoms with Crippen molar-refractivity contribution in [3.63, 3.8) is 0 Å². The lowest BCUT2D eigenvalue weighted by molar-refractivity contribution is -0.151. The van der Waals surface area contributed by atoms with Crippen molar-refractivity contribution in [1.29, 1.82) is 0 Å². The third-order valence-electron chi connectivity index (χ3n) is 5.85. The van der Waals surface area contributed by atoms with E-state index in [2.05, 4.69) is 5.32 Å². The quantitative estimate of drug-likeness (QED) is 0.550. The maximum absolute atomic E-state index is 13.3. The molecule has 1 atom stereocenters. The number of hydrogen-bond acceptors (Lipinski definition) is 6. The van der Waals surface area contributed by atoms with Crippen LogP contribution in [0.15, 0.2) is 47.8 Å². The van der Waals surface area contributed by atoms with Crippen LogP contribution in [-0.4, -0.2) is 72.8 Å². The molecule has 1 aliphatic heterocycles.